The highest BCUT2D eigenvalue weighted by atomic mass is 35.5. The Morgan fingerprint density at radius 1 is 1.00 bits per heavy atom. The van der Waals surface area contributed by atoms with Crippen LogP contribution in [-0.4, -0.2) is 18.5 Å². The van der Waals surface area contributed by atoms with Crippen LogP contribution < -0.4 is 16.0 Å². The fraction of sp³-hybridized carbons (Fsp3) is 0.263. The van der Waals surface area contributed by atoms with Crippen molar-refractivity contribution in [3.05, 3.63) is 70.7 Å². The van der Waals surface area contributed by atoms with E-state index in [1.807, 2.05) is 49.4 Å². The van der Waals surface area contributed by atoms with Crippen molar-refractivity contribution in [2.75, 3.05) is 6.54 Å². The standard InChI is InChI=1S/C19H22ClN3O2/c1-3-21-19(25)23-18(24)17(15-7-5-4-6-8-15)22-13(2)14-9-11-16(20)12-10-14/h4-13,17,22H,3H2,1-2H3,(H2,21,23,24,25)/t13-,17+/m0/s1. The summed E-state index contributed by atoms with van der Waals surface area (Å²) >= 11 is 5.93. The fourth-order valence-electron chi connectivity index (χ4n) is 2.46. The van der Waals surface area contributed by atoms with Gasteiger partial charge in [0, 0.05) is 17.6 Å². The molecule has 0 aromatic heterocycles. The van der Waals surface area contributed by atoms with Gasteiger partial charge in [-0.3, -0.25) is 15.4 Å². The molecule has 3 N–H and O–H groups in total. The van der Waals surface area contributed by atoms with Crippen LogP contribution in [0.15, 0.2) is 54.6 Å². The van der Waals surface area contributed by atoms with Crippen molar-refractivity contribution >= 4 is 23.5 Å². The molecule has 6 heteroatoms. The first-order valence-corrected chi connectivity index (χ1v) is 8.54. The Balaban J connectivity index is 2.18. The summed E-state index contributed by atoms with van der Waals surface area (Å²) in [6.45, 7) is 4.20. The molecular weight excluding hydrogens is 338 g/mol. The summed E-state index contributed by atoms with van der Waals surface area (Å²) in [6, 6.07) is 15.5. The molecule has 0 aliphatic carbocycles. The number of benzene rings is 2. The van der Waals surface area contributed by atoms with E-state index in [2.05, 4.69) is 16.0 Å². The zero-order chi connectivity index (χ0) is 18.2. The van der Waals surface area contributed by atoms with Gasteiger partial charge in [-0.05, 0) is 37.1 Å². The Hall–Kier alpha value is -2.37. The summed E-state index contributed by atoms with van der Waals surface area (Å²) in [4.78, 5) is 24.3. The Bertz CT molecular complexity index is 704. The van der Waals surface area contributed by atoms with Crippen LogP contribution >= 0.6 is 11.6 Å². The molecule has 0 saturated heterocycles. The average molecular weight is 360 g/mol. The summed E-state index contributed by atoms with van der Waals surface area (Å²) < 4.78 is 0. The van der Waals surface area contributed by atoms with Crippen LogP contribution in [0.1, 0.15) is 37.1 Å². The number of halogens is 1. The van der Waals surface area contributed by atoms with Gasteiger partial charge in [0.05, 0.1) is 0 Å². The second-order valence-electron chi connectivity index (χ2n) is 5.63. The molecule has 0 saturated carbocycles. The predicted octanol–water partition coefficient (Wildman–Crippen LogP) is 3.58. The lowest BCUT2D eigenvalue weighted by molar-refractivity contribution is -0.122. The highest BCUT2D eigenvalue weighted by molar-refractivity contribution is 6.30. The van der Waals surface area contributed by atoms with E-state index in [4.69, 9.17) is 11.6 Å². The second kappa shape index (κ2) is 9.20. The highest BCUT2D eigenvalue weighted by Crippen LogP contribution is 2.21. The Morgan fingerprint density at radius 3 is 2.24 bits per heavy atom. The summed E-state index contributed by atoms with van der Waals surface area (Å²) in [6.07, 6.45) is 0. The molecule has 2 aromatic rings. The van der Waals surface area contributed by atoms with E-state index in [1.54, 1.807) is 19.1 Å². The number of carbonyl (C=O) groups excluding carboxylic acids is 2. The predicted molar refractivity (Wildman–Crippen MR) is 99.4 cm³/mol. The van der Waals surface area contributed by atoms with Gasteiger partial charge in [0.1, 0.15) is 6.04 Å². The van der Waals surface area contributed by atoms with E-state index in [9.17, 15) is 9.59 Å². The molecule has 0 bridgehead atoms. The molecule has 0 fully saturated rings. The van der Waals surface area contributed by atoms with Gasteiger partial charge >= 0.3 is 6.03 Å². The average Bonchev–Trinajstić information content (AvgIpc) is 2.61. The molecular formula is C19H22ClN3O2. The maximum atomic E-state index is 12.6. The first kappa shape index (κ1) is 19.0. The molecule has 2 aromatic carbocycles. The zero-order valence-electron chi connectivity index (χ0n) is 14.3. The van der Waals surface area contributed by atoms with Crippen LogP contribution in [0.2, 0.25) is 5.02 Å². The SMILES string of the molecule is CCNC(=O)NC(=O)[C@H](N[C@@H](C)c1ccc(Cl)cc1)c1ccccc1. The topological polar surface area (TPSA) is 70.2 Å². The van der Waals surface area contributed by atoms with E-state index in [-0.39, 0.29) is 6.04 Å². The quantitative estimate of drug-likeness (QED) is 0.738. The van der Waals surface area contributed by atoms with Gasteiger partial charge < -0.3 is 5.32 Å². The van der Waals surface area contributed by atoms with Crippen LogP contribution in [0.25, 0.3) is 0 Å². The van der Waals surface area contributed by atoms with E-state index >= 15 is 0 Å². The second-order valence-corrected chi connectivity index (χ2v) is 6.07. The number of nitrogens with one attached hydrogen (secondary N) is 3. The van der Waals surface area contributed by atoms with Crippen molar-refractivity contribution in [1.82, 2.24) is 16.0 Å². The van der Waals surface area contributed by atoms with Crippen molar-refractivity contribution in [3.8, 4) is 0 Å². The lowest BCUT2D eigenvalue weighted by Gasteiger charge is -2.23. The Labute approximate surface area is 152 Å². The van der Waals surface area contributed by atoms with Gasteiger partial charge in [-0.15, -0.1) is 0 Å². The van der Waals surface area contributed by atoms with Crippen molar-refractivity contribution in [3.63, 3.8) is 0 Å². The van der Waals surface area contributed by atoms with Crippen LogP contribution in [0, 0.1) is 0 Å². The first-order chi connectivity index (χ1) is 12.0. The molecule has 3 amide bonds. The number of carbonyl (C=O) groups is 2. The summed E-state index contributed by atoms with van der Waals surface area (Å²) in [5, 5.41) is 8.87. The molecule has 2 rings (SSSR count). The maximum Gasteiger partial charge on any atom is 0.321 e. The molecule has 2 atom stereocenters. The molecule has 132 valence electrons. The molecule has 0 unspecified atom stereocenters. The lowest BCUT2D eigenvalue weighted by atomic mass is 10.0. The minimum atomic E-state index is -0.658. The molecule has 0 radical (unpaired) electrons. The van der Waals surface area contributed by atoms with Gasteiger partial charge in [0.2, 0.25) is 5.91 Å². The zero-order valence-corrected chi connectivity index (χ0v) is 15.0. The molecule has 25 heavy (non-hydrogen) atoms. The molecule has 0 spiro atoms. The molecule has 0 aliphatic heterocycles. The highest BCUT2D eigenvalue weighted by Gasteiger charge is 2.24. The van der Waals surface area contributed by atoms with Crippen LogP contribution in [0.4, 0.5) is 4.79 Å². The van der Waals surface area contributed by atoms with Gasteiger partial charge in [0.15, 0.2) is 0 Å². The third-order valence-electron chi connectivity index (χ3n) is 3.76. The van der Waals surface area contributed by atoms with Crippen molar-refractivity contribution in [2.24, 2.45) is 0 Å². The van der Waals surface area contributed by atoms with Crippen LogP contribution in [0.5, 0.6) is 0 Å². The van der Waals surface area contributed by atoms with Gasteiger partial charge in [-0.25, -0.2) is 4.79 Å². The van der Waals surface area contributed by atoms with E-state index < -0.39 is 18.0 Å². The lowest BCUT2D eigenvalue weighted by Crippen LogP contribution is -2.45. The maximum absolute atomic E-state index is 12.6. The number of hydrogen-bond donors (Lipinski definition) is 3. The summed E-state index contributed by atoms with van der Waals surface area (Å²) in [5.74, 6) is -0.405. The minimum Gasteiger partial charge on any atom is -0.338 e. The smallest absolute Gasteiger partial charge is 0.321 e. The largest absolute Gasteiger partial charge is 0.338 e. The van der Waals surface area contributed by atoms with Crippen molar-refractivity contribution < 1.29 is 9.59 Å². The number of amides is 3. The van der Waals surface area contributed by atoms with Crippen LogP contribution in [-0.2, 0) is 4.79 Å². The van der Waals surface area contributed by atoms with Gasteiger partial charge in [-0.2, -0.15) is 0 Å². The monoisotopic (exact) mass is 359 g/mol. The molecule has 0 aliphatic rings. The molecule has 0 heterocycles. The normalized spacial score (nSPS) is 12.9. The number of rotatable bonds is 6. The number of imide groups is 1. The van der Waals surface area contributed by atoms with Crippen molar-refractivity contribution in [1.29, 1.82) is 0 Å². The van der Waals surface area contributed by atoms with E-state index in [0.29, 0.717) is 11.6 Å². The Morgan fingerprint density at radius 2 is 1.64 bits per heavy atom. The fourth-order valence-corrected chi connectivity index (χ4v) is 2.58. The third kappa shape index (κ3) is 5.59. The number of urea groups is 1. The third-order valence-corrected chi connectivity index (χ3v) is 4.01. The summed E-state index contributed by atoms with van der Waals surface area (Å²) in [5.41, 5.74) is 1.78. The molecule has 5 nitrogen and oxygen atoms in total. The van der Waals surface area contributed by atoms with Crippen LogP contribution in [0.3, 0.4) is 0 Å². The first-order valence-electron chi connectivity index (χ1n) is 8.16. The summed E-state index contributed by atoms with van der Waals surface area (Å²) in [7, 11) is 0. The van der Waals surface area contributed by atoms with E-state index in [0.717, 1.165) is 11.1 Å². The van der Waals surface area contributed by atoms with Crippen molar-refractivity contribution in [2.45, 2.75) is 25.9 Å². The Kier molecular flexibility index (Phi) is 6.98. The van der Waals surface area contributed by atoms with E-state index in [1.165, 1.54) is 0 Å². The van der Waals surface area contributed by atoms with Gasteiger partial charge in [-0.1, -0.05) is 54.1 Å². The van der Waals surface area contributed by atoms with Gasteiger partial charge in [0.25, 0.3) is 0 Å². The number of hydrogen-bond acceptors (Lipinski definition) is 3. The minimum absolute atomic E-state index is 0.109.